The number of nitrogens with zero attached hydrogens (tertiary/aromatic N) is 2. The maximum absolute atomic E-state index is 13.1. The van der Waals surface area contributed by atoms with E-state index in [2.05, 4.69) is 4.98 Å². The van der Waals surface area contributed by atoms with Crippen LogP contribution in [0.4, 0.5) is 8.78 Å². The Morgan fingerprint density at radius 1 is 1.40 bits per heavy atom. The molecule has 1 saturated heterocycles. The second-order valence-electron chi connectivity index (χ2n) is 3.99. The van der Waals surface area contributed by atoms with Crippen molar-refractivity contribution in [1.29, 1.82) is 0 Å². The molecular formula is C11H14F2N2. The SMILES string of the molecule is FC1(F)CCCN(Cc2ccccn2)C1. The highest BCUT2D eigenvalue weighted by Gasteiger charge is 2.34. The van der Waals surface area contributed by atoms with Gasteiger partial charge in [0.15, 0.2) is 0 Å². The fourth-order valence-corrected chi connectivity index (χ4v) is 1.90. The molecule has 1 aromatic heterocycles. The zero-order valence-electron chi connectivity index (χ0n) is 8.50. The summed E-state index contributed by atoms with van der Waals surface area (Å²) < 4.78 is 26.2. The van der Waals surface area contributed by atoms with E-state index in [1.165, 1.54) is 0 Å². The van der Waals surface area contributed by atoms with Crippen molar-refractivity contribution in [2.75, 3.05) is 13.1 Å². The monoisotopic (exact) mass is 212 g/mol. The van der Waals surface area contributed by atoms with Gasteiger partial charge in [-0.15, -0.1) is 0 Å². The van der Waals surface area contributed by atoms with Crippen LogP contribution in [0.3, 0.4) is 0 Å². The standard InChI is InChI=1S/C11H14F2N2/c12-11(13)5-3-7-15(9-11)8-10-4-1-2-6-14-10/h1-2,4,6H,3,5,7-9H2. The molecule has 1 aliphatic rings. The Morgan fingerprint density at radius 2 is 2.27 bits per heavy atom. The number of hydrogen-bond acceptors (Lipinski definition) is 2. The van der Waals surface area contributed by atoms with Gasteiger partial charge in [0.05, 0.1) is 12.2 Å². The predicted molar refractivity (Wildman–Crippen MR) is 53.7 cm³/mol. The van der Waals surface area contributed by atoms with Crippen molar-refractivity contribution in [3.8, 4) is 0 Å². The third kappa shape index (κ3) is 2.96. The number of rotatable bonds is 2. The highest BCUT2D eigenvalue weighted by Crippen LogP contribution is 2.26. The lowest BCUT2D eigenvalue weighted by Gasteiger charge is -2.32. The Kier molecular flexibility index (Phi) is 2.95. The van der Waals surface area contributed by atoms with Gasteiger partial charge in [-0.3, -0.25) is 9.88 Å². The second kappa shape index (κ2) is 4.23. The van der Waals surface area contributed by atoms with Crippen molar-refractivity contribution in [2.24, 2.45) is 0 Å². The summed E-state index contributed by atoms with van der Waals surface area (Å²) in [4.78, 5) is 5.90. The van der Waals surface area contributed by atoms with Crippen LogP contribution in [-0.2, 0) is 6.54 Å². The fraction of sp³-hybridized carbons (Fsp3) is 0.545. The highest BCUT2D eigenvalue weighted by atomic mass is 19.3. The molecule has 2 nitrogen and oxygen atoms in total. The van der Waals surface area contributed by atoms with E-state index in [9.17, 15) is 8.78 Å². The first-order valence-corrected chi connectivity index (χ1v) is 5.16. The van der Waals surface area contributed by atoms with Gasteiger partial charge in [-0.1, -0.05) is 6.07 Å². The maximum Gasteiger partial charge on any atom is 0.260 e. The number of aromatic nitrogens is 1. The van der Waals surface area contributed by atoms with Crippen LogP contribution in [0.1, 0.15) is 18.5 Å². The van der Waals surface area contributed by atoms with Crippen LogP contribution in [0.15, 0.2) is 24.4 Å². The molecule has 0 unspecified atom stereocenters. The van der Waals surface area contributed by atoms with Crippen LogP contribution in [0.2, 0.25) is 0 Å². The summed E-state index contributed by atoms with van der Waals surface area (Å²) in [6.07, 6.45) is 2.28. The molecule has 1 aromatic rings. The Morgan fingerprint density at radius 3 is 2.93 bits per heavy atom. The molecule has 0 N–H and O–H groups in total. The zero-order chi connectivity index (χ0) is 10.7. The summed E-state index contributed by atoms with van der Waals surface area (Å²) in [7, 11) is 0. The van der Waals surface area contributed by atoms with Gasteiger partial charge in [-0.2, -0.15) is 0 Å². The molecule has 2 heterocycles. The van der Waals surface area contributed by atoms with Gasteiger partial charge in [-0.25, -0.2) is 8.78 Å². The van der Waals surface area contributed by atoms with Gasteiger partial charge in [0, 0.05) is 19.2 Å². The van der Waals surface area contributed by atoms with Gasteiger partial charge < -0.3 is 0 Å². The summed E-state index contributed by atoms with van der Waals surface area (Å²) >= 11 is 0. The van der Waals surface area contributed by atoms with E-state index in [0.717, 1.165) is 12.2 Å². The van der Waals surface area contributed by atoms with Crippen LogP contribution < -0.4 is 0 Å². The summed E-state index contributed by atoms with van der Waals surface area (Å²) in [5, 5.41) is 0. The summed E-state index contributed by atoms with van der Waals surface area (Å²) in [6.45, 7) is 1.13. The van der Waals surface area contributed by atoms with Crippen LogP contribution in [0.5, 0.6) is 0 Å². The lowest BCUT2D eigenvalue weighted by Crippen LogP contribution is -2.42. The smallest absolute Gasteiger partial charge is 0.260 e. The minimum atomic E-state index is -2.52. The average molecular weight is 212 g/mol. The first-order valence-electron chi connectivity index (χ1n) is 5.16. The summed E-state index contributed by atoms with van der Waals surface area (Å²) in [5.74, 6) is -2.52. The van der Waals surface area contributed by atoms with E-state index in [-0.39, 0.29) is 13.0 Å². The molecule has 0 bridgehead atoms. The molecule has 1 fully saturated rings. The fourth-order valence-electron chi connectivity index (χ4n) is 1.90. The van der Waals surface area contributed by atoms with Crippen LogP contribution in [0, 0.1) is 0 Å². The van der Waals surface area contributed by atoms with Crippen LogP contribution in [0.25, 0.3) is 0 Å². The van der Waals surface area contributed by atoms with Crippen molar-refractivity contribution in [3.05, 3.63) is 30.1 Å². The van der Waals surface area contributed by atoms with Gasteiger partial charge in [0.1, 0.15) is 0 Å². The number of alkyl halides is 2. The average Bonchev–Trinajstić information content (AvgIpc) is 2.17. The van der Waals surface area contributed by atoms with Crippen molar-refractivity contribution in [2.45, 2.75) is 25.3 Å². The van der Waals surface area contributed by atoms with Crippen LogP contribution >= 0.6 is 0 Å². The maximum atomic E-state index is 13.1. The van der Waals surface area contributed by atoms with Crippen molar-refractivity contribution in [3.63, 3.8) is 0 Å². The molecule has 0 amide bonds. The third-order valence-corrected chi connectivity index (χ3v) is 2.58. The van der Waals surface area contributed by atoms with Crippen molar-refractivity contribution < 1.29 is 8.78 Å². The molecule has 4 heteroatoms. The molecule has 82 valence electrons. The lowest BCUT2D eigenvalue weighted by molar-refractivity contribution is -0.0663. The number of piperidine rings is 1. The largest absolute Gasteiger partial charge is 0.292 e. The molecule has 0 saturated carbocycles. The van der Waals surface area contributed by atoms with Gasteiger partial charge in [0.25, 0.3) is 5.92 Å². The Balaban J connectivity index is 1.95. The molecule has 0 aromatic carbocycles. The van der Waals surface area contributed by atoms with Crippen molar-refractivity contribution >= 4 is 0 Å². The molecule has 15 heavy (non-hydrogen) atoms. The first-order chi connectivity index (χ1) is 7.16. The lowest BCUT2D eigenvalue weighted by atomic mass is 10.1. The molecule has 0 spiro atoms. The zero-order valence-corrected chi connectivity index (χ0v) is 8.50. The Hall–Kier alpha value is -1.03. The van der Waals surface area contributed by atoms with Gasteiger partial charge in [0.2, 0.25) is 0 Å². The van der Waals surface area contributed by atoms with Gasteiger partial charge in [-0.05, 0) is 25.1 Å². The van der Waals surface area contributed by atoms with E-state index in [1.807, 2.05) is 18.2 Å². The molecule has 2 rings (SSSR count). The molecule has 0 aliphatic carbocycles. The van der Waals surface area contributed by atoms with E-state index in [4.69, 9.17) is 0 Å². The molecular weight excluding hydrogens is 198 g/mol. The number of halogens is 2. The molecule has 0 radical (unpaired) electrons. The van der Waals surface area contributed by atoms with E-state index < -0.39 is 5.92 Å². The van der Waals surface area contributed by atoms with E-state index >= 15 is 0 Å². The number of pyridine rings is 1. The minimum Gasteiger partial charge on any atom is -0.292 e. The van der Waals surface area contributed by atoms with E-state index in [0.29, 0.717) is 13.0 Å². The second-order valence-corrected chi connectivity index (χ2v) is 3.99. The summed E-state index contributed by atoms with van der Waals surface area (Å²) in [5.41, 5.74) is 0.857. The van der Waals surface area contributed by atoms with Crippen LogP contribution in [-0.4, -0.2) is 28.9 Å². The number of hydrogen-bond donors (Lipinski definition) is 0. The normalized spacial score (nSPS) is 21.5. The van der Waals surface area contributed by atoms with Gasteiger partial charge >= 0.3 is 0 Å². The quantitative estimate of drug-likeness (QED) is 0.747. The minimum absolute atomic E-state index is 0.0196. The Labute approximate surface area is 87.9 Å². The van der Waals surface area contributed by atoms with Crippen molar-refractivity contribution in [1.82, 2.24) is 9.88 Å². The number of likely N-dealkylation sites (tertiary alicyclic amines) is 1. The first kappa shape index (κ1) is 10.5. The summed E-state index contributed by atoms with van der Waals surface area (Å²) in [6, 6.07) is 5.57. The molecule has 0 atom stereocenters. The van der Waals surface area contributed by atoms with E-state index in [1.54, 1.807) is 11.1 Å². The third-order valence-electron chi connectivity index (χ3n) is 2.58. The Bertz CT molecular complexity index is 314. The highest BCUT2D eigenvalue weighted by molar-refractivity contribution is 5.03. The topological polar surface area (TPSA) is 16.1 Å². The predicted octanol–water partition coefficient (Wildman–Crippen LogP) is 2.31. The molecule has 1 aliphatic heterocycles.